The number of nitrogens with two attached hydrogens (primary N) is 2. The number of thioether (sulfide) groups is 2. The van der Waals surface area contributed by atoms with Gasteiger partial charge in [-0.25, -0.2) is 9.78 Å². The number of nitrogens with zero attached hydrogens (tertiary/aromatic N) is 5. The maximum Gasteiger partial charge on any atom is 0.352 e. The number of carbonyl (C=O) groups excluding carboxylic acids is 2. The third-order valence-electron chi connectivity index (χ3n) is 4.91. The van der Waals surface area contributed by atoms with Crippen molar-refractivity contribution in [1.29, 1.82) is 0 Å². The number of nitrogens with one attached hydrogen (secondary N) is 1. The van der Waals surface area contributed by atoms with E-state index in [0.717, 1.165) is 41.1 Å². The molecule has 7 N–H and O–H groups in total. The molecule has 1 fully saturated rings. The first-order valence-corrected chi connectivity index (χ1v) is 12.4. The first-order valence-electron chi connectivity index (χ1n) is 9.68. The lowest BCUT2D eigenvalue weighted by Crippen LogP contribution is -2.61. The highest BCUT2D eigenvalue weighted by Gasteiger charge is 2.56. The molecule has 0 aliphatic carbocycles. The maximum absolute atomic E-state index is 12.8. The summed E-state index contributed by atoms with van der Waals surface area (Å²) in [6, 6.07) is 0.837. The number of hydrogen-bond acceptors (Lipinski definition) is 14. The molecule has 0 radical (unpaired) electrons. The number of carboxylic acid groups (broad SMARTS) is 1. The average Bonchev–Trinajstić information content (AvgIpc) is 3.22. The smallest absolute Gasteiger partial charge is 0.352 e. The lowest BCUT2D eigenvalue weighted by molar-refractivity contribution is -0.146. The second kappa shape index (κ2) is 9.59. The fourth-order valence-electron chi connectivity index (χ4n) is 3.53. The van der Waals surface area contributed by atoms with Gasteiger partial charge in [-0.05, 0) is 0 Å². The van der Waals surface area contributed by atoms with Gasteiger partial charge < -0.3 is 31.8 Å². The molecule has 2 aromatic rings. The molecular weight excluding hydrogens is 520 g/mol. The highest BCUT2D eigenvalue weighted by atomic mass is 32.2. The van der Waals surface area contributed by atoms with Crippen LogP contribution in [0.1, 0.15) is 12.1 Å². The predicted molar refractivity (Wildman–Crippen MR) is 128 cm³/mol. The number of amides is 2. The van der Waals surface area contributed by atoms with Crippen molar-refractivity contribution in [2.75, 3.05) is 24.3 Å². The van der Waals surface area contributed by atoms with Crippen LogP contribution in [0, 0.1) is 0 Å². The molecule has 35 heavy (non-hydrogen) atoms. The Morgan fingerprint density at radius 2 is 2.20 bits per heavy atom. The third kappa shape index (κ3) is 4.69. The van der Waals surface area contributed by atoms with Crippen molar-refractivity contribution in [1.82, 2.24) is 25.2 Å². The number of fused-ring (bicyclic) bond motifs is 1. The second-order valence-electron chi connectivity index (χ2n) is 7.05. The average molecular weight is 539 g/mol. The summed E-state index contributed by atoms with van der Waals surface area (Å²) < 4.78 is 0. The second-order valence-corrected chi connectivity index (χ2v) is 10.3. The highest BCUT2D eigenvalue weighted by Crippen LogP contribution is 2.55. The largest absolute Gasteiger partial charge is 0.479 e. The Kier molecular flexibility index (Phi) is 6.73. The molecule has 4 heterocycles. The Hall–Kier alpha value is -3.57. The van der Waals surface area contributed by atoms with Crippen LogP contribution in [0.2, 0.25) is 0 Å². The van der Waals surface area contributed by atoms with Gasteiger partial charge in [-0.2, -0.15) is 9.97 Å². The van der Waals surface area contributed by atoms with Crippen LogP contribution in [-0.4, -0.2) is 72.3 Å². The quantitative estimate of drug-likeness (QED) is 0.0994. The molecular formula is C18H18N8O6S3. The van der Waals surface area contributed by atoms with E-state index in [1.165, 1.54) is 18.1 Å². The Morgan fingerprint density at radius 1 is 1.43 bits per heavy atom. The maximum atomic E-state index is 12.8. The zero-order valence-electron chi connectivity index (χ0n) is 17.9. The number of rotatable bonds is 8. The van der Waals surface area contributed by atoms with E-state index in [4.69, 9.17) is 11.5 Å². The van der Waals surface area contributed by atoms with Gasteiger partial charge in [0.1, 0.15) is 29.9 Å². The van der Waals surface area contributed by atoms with Crippen molar-refractivity contribution in [2.45, 2.75) is 21.7 Å². The van der Waals surface area contributed by atoms with E-state index in [0.29, 0.717) is 0 Å². The van der Waals surface area contributed by atoms with E-state index in [9.17, 15) is 24.6 Å². The Labute approximate surface area is 209 Å². The van der Waals surface area contributed by atoms with Crippen LogP contribution in [0.15, 0.2) is 32.9 Å². The van der Waals surface area contributed by atoms with Gasteiger partial charge in [0.15, 0.2) is 10.0 Å². The topological polar surface area (TPSA) is 219 Å². The zero-order chi connectivity index (χ0) is 25.3. The third-order valence-corrected chi connectivity index (χ3v) is 8.08. The van der Waals surface area contributed by atoms with Crippen molar-refractivity contribution in [2.24, 2.45) is 5.16 Å². The number of anilines is 2. The number of carbonyl (C=O) groups is 3. The van der Waals surface area contributed by atoms with Crippen LogP contribution in [0.5, 0.6) is 6.01 Å². The van der Waals surface area contributed by atoms with E-state index in [1.54, 1.807) is 5.38 Å². The molecule has 0 bridgehead atoms. The normalized spacial score (nSPS) is 21.6. The summed E-state index contributed by atoms with van der Waals surface area (Å²) >= 11 is 3.28. The minimum absolute atomic E-state index is 0.00561. The summed E-state index contributed by atoms with van der Waals surface area (Å²) in [4.78, 5) is 53.7. The van der Waals surface area contributed by atoms with Gasteiger partial charge in [-0.1, -0.05) is 16.9 Å². The number of hydrogen-bond donors (Lipinski definition) is 5. The first-order chi connectivity index (χ1) is 16.6. The molecule has 1 unspecified atom stereocenters. The van der Waals surface area contributed by atoms with E-state index in [-0.39, 0.29) is 51.0 Å². The molecule has 0 saturated carbocycles. The number of carboxylic acids is 1. The van der Waals surface area contributed by atoms with E-state index >= 15 is 0 Å². The van der Waals surface area contributed by atoms with Crippen LogP contribution in [0.25, 0.3) is 0 Å². The standard InChI is InChI=1S/C18H18N8O6S3/c1-32-21-4-10(27)25-18(8-6-34-16(20)22-8)7(5-33-11-2-9(19)23-17(31)24-11)14(15(29)30)26-12(28)3-13(26)35-18/h2,4,6,13H,3,5H2,1H3,(H2,20,22)(H,25,27)(H,29,30)(H3,19,23,24,31)/t13-,18?/m0/s1. The Morgan fingerprint density at radius 3 is 2.80 bits per heavy atom. The number of aromatic nitrogens is 3. The summed E-state index contributed by atoms with van der Waals surface area (Å²) in [5, 5.41) is 27.6. The minimum Gasteiger partial charge on any atom is -0.479 e. The fraction of sp³-hybridized carbons (Fsp3) is 0.278. The Bertz CT molecular complexity index is 1250. The van der Waals surface area contributed by atoms with Crippen LogP contribution in [0.4, 0.5) is 10.9 Å². The molecule has 4 rings (SSSR count). The molecule has 0 spiro atoms. The van der Waals surface area contributed by atoms with E-state index in [2.05, 4.69) is 30.3 Å². The first kappa shape index (κ1) is 24.6. The summed E-state index contributed by atoms with van der Waals surface area (Å²) in [6.45, 7) is 0. The predicted octanol–water partition coefficient (Wildman–Crippen LogP) is 0.140. The number of aliphatic carboxylic acids is 1. The van der Waals surface area contributed by atoms with Crippen molar-refractivity contribution < 1.29 is 29.4 Å². The summed E-state index contributed by atoms with van der Waals surface area (Å²) in [5.74, 6) is -2.51. The molecule has 0 aromatic carbocycles. The van der Waals surface area contributed by atoms with Crippen LogP contribution in [0.3, 0.4) is 0 Å². The van der Waals surface area contributed by atoms with Gasteiger partial charge >= 0.3 is 12.0 Å². The van der Waals surface area contributed by atoms with Gasteiger partial charge in [0.2, 0.25) is 5.91 Å². The summed E-state index contributed by atoms with van der Waals surface area (Å²) in [5.41, 5.74) is 11.7. The number of β-lactam (4-membered cyclic amide) rings is 1. The molecule has 17 heteroatoms. The molecule has 2 atom stereocenters. The van der Waals surface area contributed by atoms with Gasteiger partial charge in [0, 0.05) is 22.8 Å². The van der Waals surface area contributed by atoms with Gasteiger partial charge in [0.25, 0.3) is 5.91 Å². The number of aromatic hydroxyl groups is 1. The number of thiazole rings is 1. The molecule has 2 aromatic heterocycles. The monoisotopic (exact) mass is 538 g/mol. The number of oxime groups is 1. The van der Waals surface area contributed by atoms with Crippen molar-refractivity contribution in [3.8, 4) is 6.01 Å². The van der Waals surface area contributed by atoms with E-state index in [1.807, 2.05) is 0 Å². The van der Waals surface area contributed by atoms with Gasteiger partial charge in [-0.3, -0.25) is 14.5 Å². The van der Waals surface area contributed by atoms with Crippen molar-refractivity contribution in [3.63, 3.8) is 0 Å². The number of nitrogen functional groups attached to an aromatic ring is 2. The van der Waals surface area contributed by atoms with Crippen molar-refractivity contribution >= 4 is 69.8 Å². The van der Waals surface area contributed by atoms with E-state index < -0.39 is 28.1 Å². The molecule has 2 aliphatic rings. The summed E-state index contributed by atoms with van der Waals surface area (Å²) in [7, 11) is 1.27. The van der Waals surface area contributed by atoms with Crippen molar-refractivity contribution in [3.05, 3.63) is 28.4 Å². The molecule has 2 aliphatic heterocycles. The van der Waals surface area contributed by atoms with Gasteiger partial charge in [-0.15, -0.1) is 23.1 Å². The highest BCUT2D eigenvalue weighted by molar-refractivity contribution is 8.01. The fourth-order valence-corrected chi connectivity index (χ4v) is 6.96. The zero-order valence-corrected chi connectivity index (χ0v) is 20.3. The lowest BCUT2D eigenvalue weighted by Gasteiger charge is -2.51. The minimum atomic E-state index is -1.52. The molecule has 184 valence electrons. The molecule has 14 nitrogen and oxygen atoms in total. The Balaban J connectivity index is 1.87. The summed E-state index contributed by atoms with van der Waals surface area (Å²) in [6.07, 6.45) is 0.965. The molecule has 2 amide bonds. The van der Waals surface area contributed by atoms with Crippen LogP contribution >= 0.6 is 34.9 Å². The lowest BCUT2D eigenvalue weighted by atomic mass is 9.98. The molecule has 1 saturated heterocycles. The SMILES string of the molecule is CON=CC(=O)NC1(c2csc(N)n2)S[C@H]2CC(=O)N2C(C(=O)O)=C1CSc1cc(N)nc(O)n1. The van der Waals surface area contributed by atoms with Gasteiger partial charge in [0.05, 0.1) is 17.5 Å². The van der Waals surface area contributed by atoms with Crippen LogP contribution < -0.4 is 16.8 Å². The van der Waals surface area contributed by atoms with Crippen LogP contribution in [-0.2, 0) is 24.1 Å².